The van der Waals surface area contributed by atoms with Crippen molar-refractivity contribution < 1.29 is 19.4 Å². The van der Waals surface area contributed by atoms with Crippen LogP contribution >= 0.6 is 11.3 Å². The standard InChI is InChI=1S/C12H14N2O4S/c1-2-5-18-12(17)14-4-3-7-8(6-14)19-10(13)9(7)11(15)16/h2H,1,3-6,13H2,(H,15,16). The number of carboxylic acid groups (broad SMARTS) is 1. The molecule has 0 fully saturated rings. The van der Waals surface area contributed by atoms with Gasteiger partial charge in [0.2, 0.25) is 0 Å². The van der Waals surface area contributed by atoms with Gasteiger partial charge in [0, 0.05) is 11.4 Å². The zero-order valence-electron chi connectivity index (χ0n) is 10.2. The van der Waals surface area contributed by atoms with Crippen LogP contribution in [0.15, 0.2) is 12.7 Å². The number of hydrogen-bond acceptors (Lipinski definition) is 5. The van der Waals surface area contributed by atoms with Crippen molar-refractivity contribution in [2.75, 3.05) is 18.9 Å². The number of amides is 1. The Bertz CT molecular complexity index is 538. The molecule has 0 aliphatic carbocycles. The normalized spacial score (nSPS) is 13.8. The first-order chi connectivity index (χ1) is 9.04. The smallest absolute Gasteiger partial charge is 0.410 e. The van der Waals surface area contributed by atoms with Gasteiger partial charge in [0.15, 0.2) is 0 Å². The number of aromatic carboxylic acids is 1. The predicted octanol–water partition coefficient (Wildman–Crippen LogP) is 1.71. The van der Waals surface area contributed by atoms with Crippen LogP contribution in [0.4, 0.5) is 9.80 Å². The number of fused-ring (bicyclic) bond motifs is 1. The lowest BCUT2D eigenvalue weighted by molar-refractivity contribution is 0.0696. The van der Waals surface area contributed by atoms with E-state index in [2.05, 4.69) is 6.58 Å². The highest BCUT2D eigenvalue weighted by molar-refractivity contribution is 7.16. The summed E-state index contributed by atoms with van der Waals surface area (Å²) < 4.78 is 4.96. The molecule has 0 radical (unpaired) electrons. The minimum Gasteiger partial charge on any atom is -0.478 e. The van der Waals surface area contributed by atoms with Crippen molar-refractivity contribution in [3.05, 3.63) is 28.7 Å². The molecule has 0 aromatic carbocycles. The van der Waals surface area contributed by atoms with Gasteiger partial charge < -0.3 is 20.5 Å². The molecule has 0 unspecified atom stereocenters. The molecule has 1 aromatic rings. The Labute approximate surface area is 114 Å². The number of carbonyl (C=O) groups is 2. The molecule has 1 aliphatic heterocycles. The van der Waals surface area contributed by atoms with Gasteiger partial charge in [-0.2, -0.15) is 0 Å². The van der Waals surface area contributed by atoms with E-state index >= 15 is 0 Å². The van der Waals surface area contributed by atoms with E-state index in [1.54, 1.807) is 0 Å². The lowest BCUT2D eigenvalue weighted by Crippen LogP contribution is -2.36. The maximum absolute atomic E-state index is 11.7. The van der Waals surface area contributed by atoms with Gasteiger partial charge >= 0.3 is 12.1 Å². The third-order valence-electron chi connectivity index (χ3n) is 2.88. The zero-order chi connectivity index (χ0) is 14.0. The topological polar surface area (TPSA) is 92.9 Å². The quantitative estimate of drug-likeness (QED) is 0.823. The third-order valence-corrected chi connectivity index (χ3v) is 3.93. The first kappa shape index (κ1) is 13.4. The number of carbonyl (C=O) groups excluding carboxylic acids is 1. The fraction of sp³-hybridized carbons (Fsp3) is 0.333. The van der Waals surface area contributed by atoms with Crippen LogP contribution in [0.5, 0.6) is 0 Å². The van der Waals surface area contributed by atoms with Crippen molar-refractivity contribution in [3.8, 4) is 0 Å². The van der Waals surface area contributed by atoms with Gasteiger partial charge in [0.05, 0.1) is 12.1 Å². The van der Waals surface area contributed by atoms with Crippen molar-refractivity contribution in [2.45, 2.75) is 13.0 Å². The Morgan fingerprint density at radius 1 is 1.58 bits per heavy atom. The molecule has 2 heterocycles. The minimum absolute atomic E-state index is 0.162. The van der Waals surface area contributed by atoms with Gasteiger partial charge in [-0.05, 0) is 12.0 Å². The molecule has 0 atom stereocenters. The lowest BCUT2D eigenvalue weighted by atomic mass is 10.0. The van der Waals surface area contributed by atoms with Crippen LogP contribution in [0.3, 0.4) is 0 Å². The summed E-state index contributed by atoms with van der Waals surface area (Å²) in [5, 5.41) is 9.40. The number of hydrogen-bond donors (Lipinski definition) is 2. The monoisotopic (exact) mass is 282 g/mol. The Morgan fingerprint density at radius 3 is 2.95 bits per heavy atom. The lowest BCUT2D eigenvalue weighted by Gasteiger charge is -2.26. The van der Waals surface area contributed by atoms with Gasteiger partial charge in [-0.15, -0.1) is 11.3 Å². The fourth-order valence-electron chi connectivity index (χ4n) is 2.04. The largest absolute Gasteiger partial charge is 0.478 e. The number of anilines is 1. The van der Waals surface area contributed by atoms with Crippen LogP contribution in [0.1, 0.15) is 20.8 Å². The molecule has 1 aromatic heterocycles. The van der Waals surface area contributed by atoms with Crippen molar-refractivity contribution in [1.82, 2.24) is 4.90 Å². The second-order valence-corrected chi connectivity index (χ2v) is 5.22. The summed E-state index contributed by atoms with van der Waals surface area (Å²) in [7, 11) is 0. The average Bonchev–Trinajstić information content (AvgIpc) is 2.70. The average molecular weight is 282 g/mol. The molecule has 0 spiro atoms. The van der Waals surface area contributed by atoms with Crippen molar-refractivity contribution in [1.29, 1.82) is 0 Å². The minimum atomic E-state index is -1.02. The van der Waals surface area contributed by atoms with Crippen LogP contribution in [0.2, 0.25) is 0 Å². The number of rotatable bonds is 3. The van der Waals surface area contributed by atoms with E-state index in [0.717, 1.165) is 10.4 Å². The summed E-state index contributed by atoms with van der Waals surface area (Å²) in [4.78, 5) is 25.2. The summed E-state index contributed by atoms with van der Waals surface area (Å²) in [6, 6.07) is 0. The van der Waals surface area contributed by atoms with E-state index in [9.17, 15) is 9.59 Å². The number of nitrogen functional groups attached to an aromatic ring is 1. The molecule has 6 nitrogen and oxygen atoms in total. The molecular weight excluding hydrogens is 268 g/mol. The first-order valence-corrected chi connectivity index (χ1v) is 6.52. The van der Waals surface area contributed by atoms with Crippen molar-refractivity contribution >= 4 is 28.4 Å². The summed E-state index contributed by atoms with van der Waals surface area (Å²) in [6.07, 6.45) is 1.56. The highest BCUT2D eigenvalue weighted by Crippen LogP contribution is 2.35. The molecule has 1 amide bonds. The van der Waals surface area contributed by atoms with Gasteiger partial charge in [-0.1, -0.05) is 12.7 Å². The van der Waals surface area contributed by atoms with E-state index in [4.69, 9.17) is 15.6 Å². The molecule has 19 heavy (non-hydrogen) atoms. The van der Waals surface area contributed by atoms with Gasteiger partial charge in [0.1, 0.15) is 11.6 Å². The molecule has 7 heteroatoms. The van der Waals surface area contributed by atoms with Crippen LogP contribution in [0.25, 0.3) is 0 Å². The van der Waals surface area contributed by atoms with E-state index in [1.165, 1.54) is 22.3 Å². The molecule has 3 N–H and O–H groups in total. The molecule has 0 saturated heterocycles. The number of nitrogens with zero attached hydrogens (tertiary/aromatic N) is 1. The van der Waals surface area contributed by atoms with E-state index in [0.29, 0.717) is 24.5 Å². The summed E-state index contributed by atoms with van der Waals surface area (Å²) >= 11 is 1.22. The summed E-state index contributed by atoms with van der Waals surface area (Å²) in [5.74, 6) is -1.02. The SMILES string of the molecule is C=CCOC(=O)N1CCc2c(sc(N)c2C(=O)O)C1. The molecule has 0 bridgehead atoms. The Hall–Kier alpha value is -2.02. The highest BCUT2D eigenvalue weighted by atomic mass is 32.1. The predicted molar refractivity (Wildman–Crippen MR) is 71.3 cm³/mol. The van der Waals surface area contributed by atoms with E-state index in [-0.39, 0.29) is 12.2 Å². The summed E-state index contributed by atoms with van der Waals surface area (Å²) in [5.41, 5.74) is 6.63. The number of ether oxygens (including phenoxy) is 1. The van der Waals surface area contributed by atoms with Crippen LogP contribution < -0.4 is 5.73 Å². The molecule has 102 valence electrons. The van der Waals surface area contributed by atoms with Crippen LogP contribution in [-0.4, -0.2) is 35.2 Å². The van der Waals surface area contributed by atoms with Crippen LogP contribution in [-0.2, 0) is 17.7 Å². The Balaban J connectivity index is 2.17. The molecule has 0 saturated carbocycles. The van der Waals surface area contributed by atoms with Crippen LogP contribution in [0, 0.1) is 0 Å². The highest BCUT2D eigenvalue weighted by Gasteiger charge is 2.29. The molecule has 2 rings (SSSR count). The fourth-order valence-corrected chi connectivity index (χ4v) is 3.16. The van der Waals surface area contributed by atoms with Gasteiger partial charge in [-0.3, -0.25) is 0 Å². The number of carboxylic acids is 1. The second-order valence-electron chi connectivity index (χ2n) is 4.09. The third kappa shape index (κ3) is 2.55. The van der Waals surface area contributed by atoms with Gasteiger partial charge in [0.25, 0.3) is 0 Å². The maximum Gasteiger partial charge on any atom is 0.410 e. The second kappa shape index (κ2) is 5.31. The molecule has 1 aliphatic rings. The zero-order valence-corrected chi connectivity index (χ0v) is 11.0. The maximum atomic E-state index is 11.7. The number of nitrogens with two attached hydrogens (primary N) is 1. The molecular formula is C12H14N2O4S. The number of thiophene rings is 1. The van der Waals surface area contributed by atoms with Crippen molar-refractivity contribution in [3.63, 3.8) is 0 Å². The Morgan fingerprint density at radius 2 is 2.32 bits per heavy atom. The Kier molecular flexibility index (Phi) is 3.75. The van der Waals surface area contributed by atoms with Gasteiger partial charge in [-0.25, -0.2) is 9.59 Å². The van der Waals surface area contributed by atoms with E-state index in [1.807, 2.05) is 0 Å². The first-order valence-electron chi connectivity index (χ1n) is 5.70. The van der Waals surface area contributed by atoms with E-state index < -0.39 is 12.1 Å². The van der Waals surface area contributed by atoms with Crippen molar-refractivity contribution in [2.24, 2.45) is 0 Å². The summed E-state index contributed by atoms with van der Waals surface area (Å²) in [6.45, 7) is 4.41.